The van der Waals surface area contributed by atoms with Crippen molar-refractivity contribution in [2.75, 3.05) is 6.61 Å². The number of nitrogens with zero attached hydrogens (tertiary/aromatic N) is 2. The van der Waals surface area contributed by atoms with E-state index in [4.69, 9.17) is 17.0 Å². The molecule has 0 bridgehead atoms. The number of aromatic amines is 1. The molecular formula is C9H15N3O2S. The van der Waals surface area contributed by atoms with E-state index in [1.54, 1.807) is 11.5 Å². The van der Waals surface area contributed by atoms with Gasteiger partial charge in [-0.2, -0.15) is 5.10 Å². The van der Waals surface area contributed by atoms with Crippen LogP contribution in [0, 0.1) is 4.77 Å². The number of nitrogens with one attached hydrogen (secondary N) is 1. The number of ether oxygens (including phenoxy) is 1. The van der Waals surface area contributed by atoms with Gasteiger partial charge in [0.1, 0.15) is 12.4 Å². The van der Waals surface area contributed by atoms with Gasteiger partial charge in [-0.3, -0.25) is 14.5 Å². The number of H-pyrrole nitrogens is 1. The Kier molecular flexibility index (Phi) is 4.02. The lowest BCUT2D eigenvalue weighted by molar-refractivity contribution is -0.143. The van der Waals surface area contributed by atoms with E-state index in [1.807, 2.05) is 13.8 Å². The summed E-state index contributed by atoms with van der Waals surface area (Å²) in [6, 6.07) is 0. The van der Waals surface area contributed by atoms with E-state index in [9.17, 15) is 4.79 Å². The third kappa shape index (κ3) is 2.89. The molecule has 84 valence electrons. The Balaban J connectivity index is 2.88. The second kappa shape index (κ2) is 5.06. The summed E-state index contributed by atoms with van der Waals surface area (Å²) >= 11 is 5.03. The maximum atomic E-state index is 11.3. The van der Waals surface area contributed by atoms with Gasteiger partial charge in [-0.15, -0.1) is 0 Å². The lowest BCUT2D eigenvalue weighted by Crippen LogP contribution is -2.16. The van der Waals surface area contributed by atoms with E-state index >= 15 is 0 Å². The molecule has 5 nitrogen and oxygen atoms in total. The van der Waals surface area contributed by atoms with Crippen LogP contribution in [0.3, 0.4) is 0 Å². The highest BCUT2D eigenvalue weighted by Crippen LogP contribution is 2.11. The average Bonchev–Trinajstić information content (AvgIpc) is 2.48. The Morgan fingerprint density at radius 1 is 1.67 bits per heavy atom. The third-order valence-electron chi connectivity index (χ3n) is 1.90. The minimum absolute atomic E-state index is 0.122. The zero-order valence-electron chi connectivity index (χ0n) is 9.11. The van der Waals surface area contributed by atoms with E-state index in [0.717, 1.165) is 5.82 Å². The van der Waals surface area contributed by atoms with Crippen LogP contribution < -0.4 is 0 Å². The molecule has 0 fully saturated rings. The molecule has 1 aromatic heterocycles. The van der Waals surface area contributed by atoms with Crippen LogP contribution in [0.15, 0.2) is 0 Å². The van der Waals surface area contributed by atoms with Crippen molar-refractivity contribution < 1.29 is 9.53 Å². The molecule has 0 unspecified atom stereocenters. The van der Waals surface area contributed by atoms with Gasteiger partial charge in [0.2, 0.25) is 0 Å². The maximum Gasteiger partial charge on any atom is 0.326 e. The van der Waals surface area contributed by atoms with Crippen LogP contribution in [0.1, 0.15) is 32.5 Å². The molecule has 0 radical (unpaired) electrons. The molecule has 6 heteroatoms. The first kappa shape index (κ1) is 11.9. The number of hydrogen-bond donors (Lipinski definition) is 1. The van der Waals surface area contributed by atoms with Gasteiger partial charge in [0.15, 0.2) is 4.77 Å². The highest BCUT2D eigenvalue weighted by molar-refractivity contribution is 7.71. The van der Waals surface area contributed by atoms with Crippen molar-refractivity contribution >= 4 is 18.2 Å². The maximum absolute atomic E-state index is 11.3. The average molecular weight is 229 g/mol. The second-order valence-corrected chi connectivity index (χ2v) is 3.82. The number of carbonyl (C=O) groups is 1. The van der Waals surface area contributed by atoms with Gasteiger partial charge in [-0.1, -0.05) is 13.8 Å². The molecule has 0 saturated carbocycles. The van der Waals surface area contributed by atoms with Crippen LogP contribution >= 0.6 is 12.2 Å². The molecule has 0 aliphatic carbocycles. The highest BCUT2D eigenvalue weighted by Gasteiger charge is 2.13. The van der Waals surface area contributed by atoms with E-state index in [-0.39, 0.29) is 18.4 Å². The topological polar surface area (TPSA) is 59.9 Å². The van der Waals surface area contributed by atoms with Crippen LogP contribution in [0.2, 0.25) is 0 Å². The quantitative estimate of drug-likeness (QED) is 0.629. The summed E-state index contributed by atoms with van der Waals surface area (Å²) in [5.41, 5.74) is 0. The monoisotopic (exact) mass is 229 g/mol. The fraction of sp³-hybridized carbons (Fsp3) is 0.667. The van der Waals surface area contributed by atoms with Crippen molar-refractivity contribution in [3.05, 3.63) is 10.6 Å². The molecule has 1 heterocycles. The van der Waals surface area contributed by atoms with E-state index in [2.05, 4.69) is 10.2 Å². The summed E-state index contributed by atoms with van der Waals surface area (Å²) in [5, 5.41) is 6.74. The van der Waals surface area contributed by atoms with Crippen LogP contribution in [0.5, 0.6) is 0 Å². The van der Waals surface area contributed by atoms with Crippen LogP contribution in [0.25, 0.3) is 0 Å². The minimum atomic E-state index is -0.295. The number of hydrogen-bond acceptors (Lipinski definition) is 4. The van der Waals surface area contributed by atoms with Crippen LogP contribution in [-0.4, -0.2) is 27.3 Å². The number of esters is 1. The van der Waals surface area contributed by atoms with Crippen molar-refractivity contribution in [2.45, 2.75) is 33.2 Å². The molecule has 0 aliphatic rings. The molecule has 1 N–H and O–H groups in total. The summed E-state index contributed by atoms with van der Waals surface area (Å²) in [6.45, 7) is 6.26. The van der Waals surface area contributed by atoms with Gasteiger partial charge in [-0.25, -0.2) is 0 Å². The van der Waals surface area contributed by atoms with Crippen LogP contribution in [0.4, 0.5) is 0 Å². The molecule has 0 amide bonds. The van der Waals surface area contributed by atoms with Crippen molar-refractivity contribution in [1.29, 1.82) is 0 Å². The molecule has 0 spiro atoms. The molecular weight excluding hydrogens is 214 g/mol. The Morgan fingerprint density at radius 2 is 2.33 bits per heavy atom. The zero-order chi connectivity index (χ0) is 11.4. The van der Waals surface area contributed by atoms with Gasteiger partial charge in [0.05, 0.1) is 6.61 Å². The summed E-state index contributed by atoms with van der Waals surface area (Å²) < 4.78 is 6.97. The summed E-state index contributed by atoms with van der Waals surface area (Å²) in [4.78, 5) is 11.3. The van der Waals surface area contributed by atoms with E-state index in [1.165, 1.54) is 0 Å². The SMILES string of the molecule is CCOC(=O)Cn1c(C(C)C)n[nH]c1=S. The van der Waals surface area contributed by atoms with Gasteiger partial charge in [0, 0.05) is 5.92 Å². The predicted octanol–water partition coefficient (Wildman–Crippen LogP) is 1.63. The highest BCUT2D eigenvalue weighted by atomic mass is 32.1. The Morgan fingerprint density at radius 3 is 2.87 bits per heavy atom. The van der Waals surface area contributed by atoms with Crippen molar-refractivity contribution in [2.24, 2.45) is 0 Å². The normalized spacial score (nSPS) is 10.7. The molecule has 0 saturated heterocycles. The Labute approximate surface area is 93.4 Å². The largest absolute Gasteiger partial charge is 0.465 e. The molecule has 15 heavy (non-hydrogen) atoms. The fourth-order valence-corrected chi connectivity index (χ4v) is 1.46. The number of aromatic nitrogens is 3. The van der Waals surface area contributed by atoms with E-state index in [0.29, 0.717) is 11.4 Å². The fourth-order valence-electron chi connectivity index (χ4n) is 1.26. The number of rotatable bonds is 4. The summed E-state index contributed by atoms with van der Waals surface area (Å²) in [6.07, 6.45) is 0. The van der Waals surface area contributed by atoms with Gasteiger partial charge >= 0.3 is 5.97 Å². The Bertz CT molecular complexity index is 394. The van der Waals surface area contributed by atoms with Crippen molar-refractivity contribution in [3.8, 4) is 0 Å². The molecule has 1 aromatic rings. The molecule has 0 aromatic carbocycles. The first-order valence-electron chi connectivity index (χ1n) is 4.87. The first-order chi connectivity index (χ1) is 7.06. The van der Waals surface area contributed by atoms with Gasteiger partial charge in [0.25, 0.3) is 0 Å². The third-order valence-corrected chi connectivity index (χ3v) is 2.21. The standard InChI is InChI=1S/C9H15N3O2S/c1-4-14-7(13)5-12-8(6(2)3)10-11-9(12)15/h6H,4-5H2,1-3H3,(H,11,15). The van der Waals surface area contributed by atoms with E-state index < -0.39 is 0 Å². The minimum Gasteiger partial charge on any atom is -0.465 e. The predicted molar refractivity (Wildman–Crippen MR) is 58.1 cm³/mol. The molecule has 0 aliphatic heterocycles. The molecule has 0 atom stereocenters. The smallest absolute Gasteiger partial charge is 0.326 e. The second-order valence-electron chi connectivity index (χ2n) is 3.43. The Hall–Kier alpha value is -1.17. The summed E-state index contributed by atoms with van der Waals surface area (Å²) in [7, 11) is 0. The van der Waals surface area contributed by atoms with Crippen molar-refractivity contribution in [1.82, 2.24) is 14.8 Å². The first-order valence-corrected chi connectivity index (χ1v) is 5.27. The summed E-state index contributed by atoms with van der Waals surface area (Å²) in [5.74, 6) is 0.692. The van der Waals surface area contributed by atoms with Gasteiger partial charge < -0.3 is 4.74 Å². The lowest BCUT2D eigenvalue weighted by atomic mass is 10.2. The van der Waals surface area contributed by atoms with Gasteiger partial charge in [-0.05, 0) is 19.1 Å². The van der Waals surface area contributed by atoms with Crippen LogP contribution in [-0.2, 0) is 16.1 Å². The lowest BCUT2D eigenvalue weighted by Gasteiger charge is -2.07. The molecule has 1 rings (SSSR count). The zero-order valence-corrected chi connectivity index (χ0v) is 9.93. The number of carbonyl (C=O) groups excluding carboxylic acids is 1. The van der Waals surface area contributed by atoms with Crippen molar-refractivity contribution in [3.63, 3.8) is 0 Å².